The van der Waals surface area contributed by atoms with E-state index in [-0.39, 0.29) is 16.6 Å². The number of rotatable bonds is 5. The third-order valence-electron chi connectivity index (χ3n) is 5.28. The van der Waals surface area contributed by atoms with Crippen molar-refractivity contribution in [1.29, 1.82) is 0 Å². The summed E-state index contributed by atoms with van der Waals surface area (Å²) in [6.45, 7) is 4.48. The predicted molar refractivity (Wildman–Crippen MR) is 105 cm³/mol. The van der Waals surface area contributed by atoms with E-state index in [1.165, 1.54) is 11.4 Å². The maximum absolute atomic E-state index is 13.1. The Kier molecular flexibility index (Phi) is 5.67. The number of ketones is 1. The van der Waals surface area contributed by atoms with Gasteiger partial charge in [-0.15, -0.1) is 0 Å². The first-order valence-corrected chi connectivity index (χ1v) is 10.5. The second-order valence-corrected chi connectivity index (χ2v) is 8.90. The summed E-state index contributed by atoms with van der Waals surface area (Å²) >= 11 is 0. The van der Waals surface area contributed by atoms with Crippen LogP contribution in [0, 0.1) is 19.8 Å². The predicted octanol–water partition coefficient (Wildman–Crippen LogP) is 3.60. The second kappa shape index (κ2) is 7.82. The van der Waals surface area contributed by atoms with Crippen LogP contribution < -0.4 is 4.74 Å². The molecule has 0 N–H and O–H groups in total. The summed E-state index contributed by atoms with van der Waals surface area (Å²) in [4.78, 5) is 12.8. The summed E-state index contributed by atoms with van der Waals surface area (Å²) < 4.78 is 33.1. The monoisotopic (exact) mass is 387 g/mol. The molecule has 0 unspecified atom stereocenters. The van der Waals surface area contributed by atoms with Gasteiger partial charge in [0, 0.05) is 24.6 Å². The van der Waals surface area contributed by atoms with Crippen molar-refractivity contribution in [1.82, 2.24) is 4.31 Å². The number of hydrogen-bond donors (Lipinski definition) is 0. The average molecular weight is 388 g/mol. The topological polar surface area (TPSA) is 63.7 Å². The number of ether oxygens (including phenoxy) is 1. The first-order valence-electron chi connectivity index (χ1n) is 9.09. The van der Waals surface area contributed by atoms with Crippen molar-refractivity contribution in [3.63, 3.8) is 0 Å². The molecule has 0 amide bonds. The Morgan fingerprint density at radius 1 is 1.04 bits per heavy atom. The number of benzene rings is 2. The number of carbonyl (C=O) groups excluding carboxylic acids is 1. The lowest BCUT2D eigenvalue weighted by Gasteiger charge is -2.31. The minimum Gasteiger partial charge on any atom is -0.495 e. The quantitative estimate of drug-likeness (QED) is 0.736. The van der Waals surface area contributed by atoms with Gasteiger partial charge in [-0.25, -0.2) is 8.42 Å². The van der Waals surface area contributed by atoms with Gasteiger partial charge in [0.2, 0.25) is 10.0 Å². The number of nitrogens with zero attached hydrogens (tertiary/aromatic N) is 1. The molecule has 1 saturated heterocycles. The molecule has 0 radical (unpaired) electrons. The number of piperidine rings is 1. The highest BCUT2D eigenvalue weighted by Gasteiger charge is 2.34. The first-order chi connectivity index (χ1) is 12.8. The van der Waals surface area contributed by atoms with Crippen molar-refractivity contribution in [2.45, 2.75) is 31.6 Å². The Bertz CT molecular complexity index is 930. The molecule has 3 rings (SSSR count). The van der Waals surface area contributed by atoms with Gasteiger partial charge in [0.05, 0.1) is 7.11 Å². The summed E-state index contributed by atoms with van der Waals surface area (Å²) in [5.41, 5.74) is 2.58. The lowest BCUT2D eigenvalue weighted by molar-refractivity contribution is 0.0875. The molecule has 0 aliphatic carbocycles. The fourth-order valence-electron chi connectivity index (χ4n) is 3.46. The van der Waals surface area contributed by atoms with Gasteiger partial charge >= 0.3 is 0 Å². The molecule has 0 bridgehead atoms. The highest BCUT2D eigenvalue weighted by atomic mass is 32.2. The zero-order valence-corrected chi connectivity index (χ0v) is 16.8. The Labute approximate surface area is 161 Å². The third-order valence-corrected chi connectivity index (χ3v) is 7.20. The standard InChI is InChI=1S/C21H25NO4S/c1-15-13-19(26-3)20(14-16(15)2)27(24,25)22-11-9-18(10-12-22)21(23)17-7-5-4-6-8-17/h4-8,13-14,18H,9-12H2,1-3H3. The van der Waals surface area contributed by atoms with Crippen LogP contribution in [0.15, 0.2) is 47.4 Å². The van der Waals surface area contributed by atoms with Crippen molar-refractivity contribution >= 4 is 15.8 Å². The summed E-state index contributed by atoms with van der Waals surface area (Å²) in [5.74, 6) is 0.317. The van der Waals surface area contributed by atoms with Gasteiger partial charge in [-0.2, -0.15) is 4.31 Å². The molecule has 27 heavy (non-hydrogen) atoms. The van der Waals surface area contributed by atoms with Gasteiger partial charge < -0.3 is 4.74 Å². The van der Waals surface area contributed by atoms with E-state index >= 15 is 0 Å². The Hall–Kier alpha value is -2.18. The number of hydrogen-bond acceptors (Lipinski definition) is 4. The lowest BCUT2D eigenvalue weighted by atomic mass is 9.90. The van der Waals surface area contributed by atoms with Crippen molar-refractivity contribution in [2.24, 2.45) is 5.92 Å². The molecule has 1 aliphatic rings. The molecule has 144 valence electrons. The molecule has 0 atom stereocenters. The van der Waals surface area contributed by atoms with Crippen molar-refractivity contribution in [3.8, 4) is 5.75 Å². The number of Topliss-reactive ketones (excluding diaryl/α,β-unsaturated/α-hetero) is 1. The molecule has 0 spiro atoms. The summed E-state index contributed by atoms with van der Waals surface area (Å²) in [6.07, 6.45) is 1.06. The van der Waals surface area contributed by atoms with E-state index in [0.29, 0.717) is 37.2 Å². The Balaban J connectivity index is 1.78. The van der Waals surface area contributed by atoms with Gasteiger partial charge in [0.25, 0.3) is 0 Å². The molecule has 2 aromatic rings. The van der Waals surface area contributed by atoms with Crippen LogP contribution in [-0.2, 0) is 10.0 Å². The fraction of sp³-hybridized carbons (Fsp3) is 0.381. The summed E-state index contributed by atoms with van der Waals surface area (Å²) in [6, 6.07) is 12.6. The van der Waals surface area contributed by atoms with E-state index in [1.807, 2.05) is 44.2 Å². The average Bonchev–Trinajstić information content (AvgIpc) is 2.69. The molecule has 1 heterocycles. The van der Waals surface area contributed by atoms with Crippen LogP contribution in [0.4, 0.5) is 0 Å². The SMILES string of the molecule is COc1cc(C)c(C)cc1S(=O)(=O)N1CCC(C(=O)c2ccccc2)CC1. The highest BCUT2D eigenvalue weighted by Crippen LogP contribution is 2.32. The number of methoxy groups -OCH3 is 1. The molecular weight excluding hydrogens is 362 g/mol. The van der Waals surface area contributed by atoms with Crippen LogP contribution in [0.25, 0.3) is 0 Å². The van der Waals surface area contributed by atoms with Crippen LogP contribution >= 0.6 is 0 Å². The van der Waals surface area contributed by atoms with Gasteiger partial charge in [-0.3, -0.25) is 4.79 Å². The number of sulfonamides is 1. The first kappa shape index (κ1) is 19.6. The molecule has 0 saturated carbocycles. The minimum absolute atomic E-state index is 0.0939. The van der Waals surface area contributed by atoms with E-state index in [2.05, 4.69) is 0 Å². The van der Waals surface area contributed by atoms with E-state index in [4.69, 9.17) is 4.74 Å². The Morgan fingerprint density at radius 3 is 2.22 bits per heavy atom. The molecule has 5 nitrogen and oxygen atoms in total. The van der Waals surface area contributed by atoms with E-state index < -0.39 is 10.0 Å². The minimum atomic E-state index is -3.66. The van der Waals surface area contributed by atoms with E-state index in [1.54, 1.807) is 12.1 Å². The zero-order valence-electron chi connectivity index (χ0n) is 15.9. The summed E-state index contributed by atoms with van der Waals surface area (Å²) in [7, 11) is -2.18. The molecule has 0 aromatic heterocycles. The second-order valence-electron chi connectivity index (χ2n) is 7.00. The van der Waals surface area contributed by atoms with E-state index in [9.17, 15) is 13.2 Å². The van der Waals surface area contributed by atoms with Crippen molar-refractivity contribution in [2.75, 3.05) is 20.2 Å². The normalized spacial score (nSPS) is 16.3. The van der Waals surface area contributed by atoms with Crippen LogP contribution in [0.1, 0.15) is 34.3 Å². The third kappa shape index (κ3) is 3.92. The maximum atomic E-state index is 13.1. The molecule has 6 heteroatoms. The zero-order chi connectivity index (χ0) is 19.6. The highest BCUT2D eigenvalue weighted by molar-refractivity contribution is 7.89. The summed E-state index contributed by atoms with van der Waals surface area (Å²) in [5, 5.41) is 0. The van der Waals surface area contributed by atoms with Gasteiger partial charge in [-0.05, 0) is 49.9 Å². The lowest BCUT2D eigenvalue weighted by Crippen LogP contribution is -2.40. The largest absolute Gasteiger partial charge is 0.495 e. The maximum Gasteiger partial charge on any atom is 0.246 e. The van der Waals surface area contributed by atoms with Gasteiger partial charge in [-0.1, -0.05) is 30.3 Å². The van der Waals surface area contributed by atoms with Gasteiger partial charge in [0.1, 0.15) is 10.6 Å². The van der Waals surface area contributed by atoms with Crippen LogP contribution in [-0.4, -0.2) is 38.7 Å². The van der Waals surface area contributed by atoms with E-state index in [0.717, 1.165) is 11.1 Å². The Morgan fingerprint density at radius 2 is 1.63 bits per heavy atom. The van der Waals surface area contributed by atoms with Gasteiger partial charge in [0.15, 0.2) is 5.78 Å². The van der Waals surface area contributed by atoms with Crippen LogP contribution in [0.5, 0.6) is 5.75 Å². The van der Waals surface area contributed by atoms with Crippen LogP contribution in [0.2, 0.25) is 0 Å². The molecule has 1 fully saturated rings. The smallest absolute Gasteiger partial charge is 0.246 e. The fourth-order valence-corrected chi connectivity index (χ4v) is 5.15. The molecule has 2 aromatic carbocycles. The number of aryl methyl sites for hydroxylation is 2. The van der Waals surface area contributed by atoms with Crippen molar-refractivity contribution < 1.29 is 17.9 Å². The molecular formula is C21H25NO4S. The number of carbonyl (C=O) groups is 1. The molecule has 1 aliphatic heterocycles. The van der Waals surface area contributed by atoms with Crippen LogP contribution in [0.3, 0.4) is 0 Å². The van der Waals surface area contributed by atoms with Crippen molar-refractivity contribution in [3.05, 3.63) is 59.2 Å².